The first kappa shape index (κ1) is 16.2. The van der Waals surface area contributed by atoms with Crippen LogP contribution in [0, 0.1) is 0 Å². The van der Waals surface area contributed by atoms with E-state index in [-0.39, 0.29) is 6.04 Å². The van der Waals surface area contributed by atoms with Crippen LogP contribution in [0.4, 0.5) is 0 Å². The molecule has 0 aliphatic carbocycles. The third-order valence-electron chi connectivity index (χ3n) is 4.50. The lowest BCUT2D eigenvalue weighted by atomic mass is 9.94. The second-order valence-electron chi connectivity index (χ2n) is 5.96. The van der Waals surface area contributed by atoms with Crippen LogP contribution in [-0.4, -0.2) is 18.1 Å². The highest BCUT2D eigenvalue weighted by molar-refractivity contribution is 9.11. The molecule has 1 aliphatic rings. The van der Waals surface area contributed by atoms with Gasteiger partial charge in [0.15, 0.2) is 0 Å². The average molecular weight is 450 g/mol. The van der Waals surface area contributed by atoms with Crippen LogP contribution in [0.5, 0.6) is 5.75 Å². The second-order valence-corrected chi connectivity index (χ2v) is 7.73. The lowest BCUT2D eigenvalue weighted by molar-refractivity contribution is 0.340. The standard InChI is InChI=1S/C19H18Br2N2O/c1-2-24-12-4-6-17-14(10-12)13-7-8-22-18(19(13)23-17)15-9-11(20)3-5-16(15)21/h3-6,9-10,18,22-23H,2,7-8H2,1H3. The topological polar surface area (TPSA) is 37.0 Å². The number of benzene rings is 2. The third kappa shape index (κ3) is 2.79. The van der Waals surface area contributed by atoms with Crippen LogP contribution in [0.15, 0.2) is 45.3 Å². The van der Waals surface area contributed by atoms with Gasteiger partial charge in [0.25, 0.3) is 0 Å². The normalized spacial score (nSPS) is 17.0. The van der Waals surface area contributed by atoms with E-state index in [0.29, 0.717) is 6.61 Å². The summed E-state index contributed by atoms with van der Waals surface area (Å²) in [5.74, 6) is 0.936. The fourth-order valence-electron chi connectivity index (χ4n) is 3.46. The summed E-state index contributed by atoms with van der Waals surface area (Å²) in [6.07, 6.45) is 1.02. The number of aromatic amines is 1. The summed E-state index contributed by atoms with van der Waals surface area (Å²) in [4.78, 5) is 3.63. The van der Waals surface area contributed by atoms with Crippen LogP contribution in [0.1, 0.15) is 29.8 Å². The summed E-state index contributed by atoms with van der Waals surface area (Å²) in [6.45, 7) is 3.66. The van der Waals surface area contributed by atoms with Gasteiger partial charge in [-0.2, -0.15) is 0 Å². The molecule has 3 aromatic rings. The quantitative estimate of drug-likeness (QED) is 0.567. The van der Waals surface area contributed by atoms with Crippen LogP contribution in [-0.2, 0) is 6.42 Å². The SMILES string of the molecule is CCOc1ccc2[nH]c3c(c2c1)CCNC3c1cc(Br)ccc1Br. The monoisotopic (exact) mass is 448 g/mol. The molecule has 0 saturated heterocycles. The number of hydrogen-bond donors (Lipinski definition) is 2. The summed E-state index contributed by atoms with van der Waals surface area (Å²) in [6, 6.07) is 12.8. The summed E-state index contributed by atoms with van der Waals surface area (Å²) in [5, 5.41) is 4.92. The maximum atomic E-state index is 5.68. The summed E-state index contributed by atoms with van der Waals surface area (Å²) in [5.41, 5.74) is 5.05. The maximum absolute atomic E-state index is 5.68. The number of hydrogen-bond acceptors (Lipinski definition) is 2. The number of H-pyrrole nitrogens is 1. The van der Waals surface area contributed by atoms with Gasteiger partial charge in [-0.05, 0) is 60.9 Å². The molecule has 0 fully saturated rings. The summed E-state index contributed by atoms with van der Waals surface area (Å²) >= 11 is 7.29. The molecule has 0 bridgehead atoms. The highest BCUT2D eigenvalue weighted by atomic mass is 79.9. The molecule has 5 heteroatoms. The molecule has 1 unspecified atom stereocenters. The summed E-state index contributed by atoms with van der Waals surface area (Å²) < 4.78 is 7.88. The van der Waals surface area contributed by atoms with Crippen LogP contribution < -0.4 is 10.1 Å². The van der Waals surface area contributed by atoms with Crippen LogP contribution in [0.25, 0.3) is 10.9 Å². The Morgan fingerprint density at radius 1 is 1.17 bits per heavy atom. The van der Waals surface area contributed by atoms with Gasteiger partial charge in [0.05, 0.1) is 12.6 Å². The minimum atomic E-state index is 0.156. The van der Waals surface area contributed by atoms with E-state index in [2.05, 4.69) is 72.5 Å². The largest absolute Gasteiger partial charge is 0.494 e. The number of halogens is 2. The Bertz CT molecular complexity index is 904. The minimum Gasteiger partial charge on any atom is -0.494 e. The van der Waals surface area contributed by atoms with Crippen molar-refractivity contribution in [2.75, 3.05) is 13.2 Å². The van der Waals surface area contributed by atoms with Crippen molar-refractivity contribution in [1.82, 2.24) is 10.3 Å². The number of fused-ring (bicyclic) bond motifs is 3. The lowest BCUT2D eigenvalue weighted by Crippen LogP contribution is -2.30. The van der Waals surface area contributed by atoms with E-state index in [0.717, 1.165) is 27.7 Å². The molecule has 1 atom stereocenters. The van der Waals surface area contributed by atoms with Crippen molar-refractivity contribution in [1.29, 1.82) is 0 Å². The molecule has 3 nitrogen and oxygen atoms in total. The third-order valence-corrected chi connectivity index (χ3v) is 5.72. The average Bonchev–Trinajstić information content (AvgIpc) is 2.95. The van der Waals surface area contributed by atoms with Crippen LogP contribution >= 0.6 is 31.9 Å². The van der Waals surface area contributed by atoms with E-state index in [1.807, 2.05) is 13.0 Å². The molecule has 0 radical (unpaired) electrons. The van der Waals surface area contributed by atoms with Gasteiger partial charge in [-0.15, -0.1) is 0 Å². The van der Waals surface area contributed by atoms with Gasteiger partial charge in [-0.3, -0.25) is 0 Å². The zero-order valence-electron chi connectivity index (χ0n) is 13.3. The number of rotatable bonds is 3. The molecule has 1 aliphatic heterocycles. The molecular formula is C19H18Br2N2O. The molecule has 2 heterocycles. The number of aromatic nitrogens is 1. The van der Waals surface area contributed by atoms with Gasteiger partial charge in [-0.1, -0.05) is 31.9 Å². The first-order valence-electron chi connectivity index (χ1n) is 8.13. The van der Waals surface area contributed by atoms with Gasteiger partial charge in [-0.25, -0.2) is 0 Å². The Morgan fingerprint density at radius 2 is 2.04 bits per heavy atom. The Hall–Kier alpha value is -1.30. The molecule has 2 N–H and O–H groups in total. The minimum absolute atomic E-state index is 0.156. The van der Waals surface area contributed by atoms with E-state index in [9.17, 15) is 0 Å². The Labute approximate surface area is 158 Å². The molecule has 2 aromatic carbocycles. The van der Waals surface area contributed by atoms with Gasteiger partial charge in [0.1, 0.15) is 5.75 Å². The van der Waals surface area contributed by atoms with Gasteiger partial charge in [0.2, 0.25) is 0 Å². The molecule has 0 spiro atoms. The fraction of sp³-hybridized carbons (Fsp3) is 0.263. The van der Waals surface area contributed by atoms with E-state index in [4.69, 9.17) is 4.74 Å². The van der Waals surface area contributed by atoms with Crippen molar-refractivity contribution in [3.05, 3.63) is 62.2 Å². The molecule has 0 saturated carbocycles. The molecule has 1 aromatic heterocycles. The Kier molecular flexibility index (Phi) is 4.41. The first-order chi connectivity index (χ1) is 11.7. The van der Waals surface area contributed by atoms with Gasteiger partial charge >= 0.3 is 0 Å². The highest BCUT2D eigenvalue weighted by Gasteiger charge is 2.26. The van der Waals surface area contributed by atoms with E-state index in [1.165, 1.54) is 27.7 Å². The first-order valence-corrected chi connectivity index (χ1v) is 9.71. The van der Waals surface area contributed by atoms with E-state index in [1.54, 1.807) is 0 Å². The van der Waals surface area contributed by atoms with Crippen LogP contribution in [0.3, 0.4) is 0 Å². The smallest absolute Gasteiger partial charge is 0.120 e. The van der Waals surface area contributed by atoms with Crippen molar-refractivity contribution in [3.63, 3.8) is 0 Å². The Balaban J connectivity index is 1.85. The predicted octanol–water partition coefficient (Wildman–Crippen LogP) is 5.33. The van der Waals surface area contributed by atoms with E-state index < -0.39 is 0 Å². The molecule has 24 heavy (non-hydrogen) atoms. The Morgan fingerprint density at radius 3 is 2.88 bits per heavy atom. The molecule has 4 rings (SSSR count). The highest BCUT2D eigenvalue weighted by Crippen LogP contribution is 2.38. The predicted molar refractivity (Wildman–Crippen MR) is 105 cm³/mol. The van der Waals surface area contributed by atoms with Crippen molar-refractivity contribution >= 4 is 42.8 Å². The van der Waals surface area contributed by atoms with Crippen LogP contribution in [0.2, 0.25) is 0 Å². The maximum Gasteiger partial charge on any atom is 0.120 e. The zero-order chi connectivity index (χ0) is 16.7. The van der Waals surface area contributed by atoms with Gasteiger partial charge in [0, 0.05) is 32.1 Å². The second kappa shape index (κ2) is 6.54. The van der Waals surface area contributed by atoms with Crippen molar-refractivity contribution in [3.8, 4) is 5.75 Å². The zero-order valence-corrected chi connectivity index (χ0v) is 16.5. The van der Waals surface area contributed by atoms with Crippen molar-refractivity contribution < 1.29 is 4.74 Å². The van der Waals surface area contributed by atoms with Gasteiger partial charge < -0.3 is 15.0 Å². The number of nitrogens with one attached hydrogen (secondary N) is 2. The fourth-order valence-corrected chi connectivity index (χ4v) is 4.32. The molecule has 124 valence electrons. The molecular weight excluding hydrogens is 432 g/mol. The lowest BCUT2D eigenvalue weighted by Gasteiger charge is -2.26. The number of ether oxygens (including phenoxy) is 1. The summed E-state index contributed by atoms with van der Waals surface area (Å²) in [7, 11) is 0. The van der Waals surface area contributed by atoms with Crippen molar-refractivity contribution in [2.45, 2.75) is 19.4 Å². The van der Waals surface area contributed by atoms with E-state index >= 15 is 0 Å². The van der Waals surface area contributed by atoms with Crippen molar-refractivity contribution in [2.24, 2.45) is 0 Å². The molecule has 0 amide bonds.